The molecular formula is C29H44N4O7. The number of hydrogen-bond acceptors (Lipinski definition) is 10. The number of amides is 1. The van der Waals surface area contributed by atoms with Gasteiger partial charge >= 0.3 is 0 Å². The Labute approximate surface area is 235 Å². The van der Waals surface area contributed by atoms with Crippen LogP contribution in [-0.2, 0) is 22.6 Å². The van der Waals surface area contributed by atoms with E-state index in [-0.39, 0.29) is 29.7 Å². The van der Waals surface area contributed by atoms with Crippen LogP contribution in [0.5, 0.6) is 5.75 Å². The summed E-state index contributed by atoms with van der Waals surface area (Å²) in [5.74, 6) is -4.92. The number of aromatic hydroxyl groups is 1. The molecule has 0 radical (unpaired) electrons. The van der Waals surface area contributed by atoms with E-state index in [4.69, 9.17) is 5.73 Å². The number of aliphatic hydroxyl groups excluding tert-OH is 2. The quantitative estimate of drug-likeness (QED) is 0.159. The molecule has 1 unspecified atom stereocenters. The Balaban J connectivity index is 2.19. The van der Waals surface area contributed by atoms with Crippen molar-refractivity contribution in [1.82, 2.24) is 10.2 Å². The van der Waals surface area contributed by atoms with Crippen LogP contribution in [0.15, 0.2) is 17.4 Å². The number of nitrogens with zero attached hydrogens (tertiary/aromatic N) is 2. The first-order valence-electron chi connectivity index (χ1n) is 13.7. The van der Waals surface area contributed by atoms with Gasteiger partial charge in [0, 0.05) is 49.4 Å². The molecule has 0 saturated heterocycles. The minimum absolute atomic E-state index is 0.0270. The number of carbonyl (C=O) groups is 3. The van der Waals surface area contributed by atoms with Crippen molar-refractivity contribution in [2.75, 3.05) is 46.2 Å². The number of fused-ring (bicyclic) bond motifs is 2. The van der Waals surface area contributed by atoms with E-state index in [1.54, 1.807) is 19.0 Å². The second-order valence-electron chi connectivity index (χ2n) is 11.9. The summed E-state index contributed by atoms with van der Waals surface area (Å²) < 4.78 is 0. The minimum atomic E-state index is -2.62. The normalized spacial score (nSPS) is 23.3. The molecule has 7 N–H and O–H groups in total. The van der Waals surface area contributed by atoms with Gasteiger partial charge in [-0.05, 0) is 63.4 Å². The van der Waals surface area contributed by atoms with Gasteiger partial charge in [-0.3, -0.25) is 14.4 Å². The highest BCUT2D eigenvalue weighted by molar-refractivity contribution is 6.15. The third-order valence-electron chi connectivity index (χ3n) is 8.25. The maximum atomic E-state index is 14.1. The third-order valence-corrected chi connectivity index (χ3v) is 8.25. The van der Waals surface area contributed by atoms with Crippen LogP contribution in [0.2, 0.25) is 0 Å². The van der Waals surface area contributed by atoms with Gasteiger partial charge in [-0.25, -0.2) is 0 Å². The predicted octanol–water partition coefficient (Wildman–Crippen LogP) is 0.879. The summed E-state index contributed by atoms with van der Waals surface area (Å²) in [4.78, 5) is 42.4. The molecule has 222 valence electrons. The molecule has 1 aromatic rings. The van der Waals surface area contributed by atoms with E-state index in [1.807, 2.05) is 25.1 Å². The lowest BCUT2D eigenvalue weighted by Gasteiger charge is -2.47. The number of primary amides is 1. The molecule has 0 aliphatic heterocycles. The van der Waals surface area contributed by atoms with Crippen LogP contribution in [0.4, 0.5) is 5.69 Å². The zero-order valence-electron chi connectivity index (χ0n) is 24.3. The van der Waals surface area contributed by atoms with Crippen molar-refractivity contribution in [1.29, 1.82) is 0 Å². The number of anilines is 1. The van der Waals surface area contributed by atoms with Crippen LogP contribution in [0.1, 0.15) is 54.6 Å². The Hall–Kier alpha value is -2.99. The number of allylic oxidation sites excluding steroid dienone is 1. The molecule has 11 nitrogen and oxygen atoms in total. The summed E-state index contributed by atoms with van der Waals surface area (Å²) >= 11 is 0. The molecule has 11 heteroatoms. The van der Waals surface area contributed by atoms with Gasteiger partial charge in [0.05, 0.1) is 18.6 Å². The maximum absolute atomic E-state index is 14.1. The fourth-order valence-electron chi connectivity index (χ4n) is 6.10. The number of carbonyl (C=O) groups excluding carboxylic acids is 3. The number of rotatable bonds is 12. The summed E-state index contributed by atoms with van der Waals surface area (Å²) in [7, 11) is 7.01. The Bertz CT molecular complexity index is 1190. The van der Waals surface area contributed by atoms with Gasteiger partial charge in [-0.1, -0.05) is 13.8 Å². The van der Waals surface area contributed by atoms with E-state index in [1.165, 1.54) is 0 Å². The van der Waals surface area contributed by atoms with Gasteiger partial charge in [0.25, 0.3) is 0 Å². The number of aliphatic hydroxyl groups is 3. The zero-order chi connectivity index (χ0) is 30.1. The fraction of sp³-hybridized carbons (Fsp3) is 0.621. The molecule has 0 aromatic heterocycles. The number of nitrogens with two attached hydrogens (primary N) is 1. The Morgan fingerprint density at radius 1 is 1.20 bits per heavy atom. The van der Waals surface area contributed by atoms with E-state index in [9.17, 15) is 34.8 Å². The van der Waals surface area contributed by atoms with E-state index in [2.05, 4.69) is 19.2 Å². The van der Waals surface area contributed by atoms with Crippen LogP contribution < -0.4 is 16.0 Å². The summed E-state index contributed by atoms with van der Waals surface area (Å²) in [6.45, 7) is 4.83. The van der Waals surface area contributed by atoms with Crippen molar-refractivity contribution in [2.24, 2.45) is 23.5 Å². The molecule has 40 heavy (non-hydrogen) atoms. The molecule has 0 bridgehead atoms. The minimum Gasteiger partial charge on any atom is -0.508 e. The average molecular weight is 561 g/mol. The molecule has 0 saturated carbocycles. The first-order chi connectivity index (χ1) is 18.7. The molecule has 0 fully saturated rings. The monoisotopic (exact) mass is 560 g/mol. The molecular weight excluding hydrogens is 516 g/mol. The van der Waals surface area contributed by atoms with Crippen LogP contribution in [0.25, 0.3) is 0 Å². The number of ketones is 2. The highest BCUT2D eigenvalue weighted by atomic mass is 16.3. The van der Waals surface area contributed by atoms with E-state index in [0.29, 0.717) is 23.6 Å². The molecule has 3 rings (SSSR count). The first kappa shape index (κ1) is 31.5. The SMILES string of the molecule is CC(C)CCNCc1cc(N(C)C)c2c(c1O)C(=O)C1=C(O)[C@](O)(C(=O)CC(N)=O)[C@H](C(CO)N(C)C)C[C@@H]1C2. The van der Waals surface area contributed by atoms with Crippen LogP contribution >= 0.6 is 0 Å². The molecule has 4 atom stereocenters. The standard InChI is InChI=1S/C29H44N4O7/c1-15(2)7-8-31-13-17-11-20(32(3)4)18-9-16-10-19(21(14-34)33(5)6)29(40,22(35)12-23(30)36)28(39)24(16)27(38)25(18)26(17)37/h11,15-16,19,21,31,34,37,39-40H,7-10,12-14H2,1-6H3,(H2,30,36)/t16-,19-,21?,29+/m0/s1. The second-order valence-corrected chi connectivity index (χ2v) is 11.9. The number of nitrogens with one attached hydrogen (secondary N) is 1. The van der Waals surface area contributed by atoms with Crippen molar-refractivity contribution in [3.05, 3.63) is 34.1 Å². The van der Waals surface area contributed by atoms with Crippen LogP contribution in [0, 0.1) is 17.8 Å². The summed E-state index contributed by atoms with van der Waals surface area (Å²) in [6, 6.07) is 1.07. The van der Waals surface area contributed by atoms with E-state index >= 15 is 0 Å². The second kappa shape index (κ2) is 12.3. The fourth-order valence-corrected chi connectivity index (χ4v) is 6.10. The van der Waals surface area contributed by atoms with Crippen molar-refractivity contribution in [2.45, 2.75) is 57.7 Å². The summed E-state index contributed by atoms with van der Waals surface area (Å²) in [6.07, 6.45) is 0.411. The van der Waals surface area contributed by atoms with Gasteiger partial charge in [0.1, 0.15) is 11.5 Å². The number of Topliss-reactive ketones (excluding diaryl/α,β-unsaturated/α-hetero) is 2. The average Bonchev–Trinajstić information content (AvgIpc) is 2.85. The largest absolute Gasteiger partial charge is 0.508 e. The lowest BCUT2D eigenvalue weighted by Crippen LogP contribution is -2.60. The first-order valence-corrected chi connectivity index (χ1v) is 13.7. The molecule has 2 aliphatic rings. The molecule has 2 aliphatic carbocycles. The number of hydrogen-bond donors (Lipinski definition) is 6. The van der Waals surface area contributed by atoms with E-state index in [0.717, 1.165) is 18.7 Å². The van der Waals surface area contributed by atoms with Gasteiger partial charge in [0.2, 0.25) is 5.91 Å². The molecule has 1 aromatic carbocycles. The van der Waals surface area contributed by atoms with Gasteiger partial charge in [-0.15, -0.1) is 0 Å². The third kappa shape index (κ3) is 5.74. The molecule has 0 heterocycles. The van der Waals surface area contributed by atoms with Crippen molar-refractivity contribution in [3.8, 4) is 5.75 Å². The highest BCUT2D eigenvalue weighted by Gasteiger charge is 2.58. The van der Waals surface area contributed by atoms with Crippen LogP contribution in [-0.4, -0.2) is 95.8 Å². The Morgan fingerprint density at radius 3 is 2.38 bits per heavy atom. The van der Waals surface area contributed by atoms with E-state index < -0.39 is 59.7 Å². The highest BCUT2D eigenvalue weighted by Crippen LogP contribution is 2.51. The van der Waals surface area contributed by atoms with Crippen molar-refractivity contribution in [3.63, 3.8) is 0 Å². The summed E-state index contributed by atoms with van der Waals surface area (Å²) in [5.41, 5.74) is 4.36. The number of likely N-dealkylation sites (N-methyl/N-ethyl adjacent to an activating group) is 1. The number of phenols is 1. The van der Waals surface area contributed by atoms with Gasteiger partial charge in [0.15, 0.2) is 17.2 Å². The van der Waals surface area contributed by atoms with Crippen molar-refractivity contribution < 1.29 is 34.8 Å². The van der Waals surface area contributed by atoms with Crippen LogP contribution in [0.3, 0.4) is 0 Å². The maximum Gasteiger partial charge on any atom is 0.225 e. The number of phenolic OH excluding ortho intramolecular Hbond substituents is 1. The smallest absolute Gasteiger partial charge is 0.225 e. The van der Waals surface area contributed by atoms with Gasteiger partial charge < -0.3 is 41.3 Å². The zero-order valence-corrected chi connectivity index (χ0v) is 24.3. The Morgan fingerprint density at radius 2 is 1.85 bits per heavy atom. The van der Waals surface area contributed by atoms with Crippen molar-refractivity contribution >= 4 is 23.2 Å². The lowest BCUT2D eigenvalue weighted by molar-refractivity contribution is -0.151. The lowest BCUT2D eigenvalue weighted by atomic mass is 9.61. The molecule has 0 spiro atoms. The van der Waals surface area contributed by atoms with Gasteiger partial charge in [-0.2, -0.15) is 0 Å². The molecule has 1 amide bonds. The predicted molar refractivity (Wildman–Crippen MR) is 151 cm³/mol. The summed E-state index contributed by atoms with van der Waals surface area (Å²) in [5, 5.41) is 48.1. The Kier molecular flexibility index (Phi) is 9.66. The number of benzene rings is 1. The topological polar surface area (TPSA) is 177 Å².